The molecule has 0 aromatic heterocycles. The Balaban J connectivity index is 2.18. The van der Waals surface area contributed by atoms with Crippen molar-refractivity contribution in [3.8, 4) is 0 Å². The van der Waals surface area contributed by atoms with E-state index in [1.807, 2.05) is 6.07 Å². The molecule has 3 nitrogen and oxygen atoms in total. The van der Waals surface area contributed by atoms with Crippen LogP contribution in [0.1, 0.15) is 15.9 Å². The quantitative estimate of drug-likeness (QED) is 0.906. The molecule has 2 aromatic carbocycles. The molecule has 0 spiro atoms. The van der Waals surface area contributed by atoms with Gasteiger partial charge in [-0.25, -0.2) is 4.39 Å². The molecule has 1 amide bonds. The maximum absolute atomic E-state index is 13.0. The third kappa shape index (κ3) is 3.30. The van der Waals surface area contributed by atoms with Crippen molar-refractivity contribution in [3.05, 3.63) is 64.4 Å². The SMILES string of the molecule is NCc1cccc(C(=O)Nc2ccc(F)c(Cl)c2)c1. The summed E-state index contributed by atoms with van der Waals surface area (Å²) in [4.78, 5) is 12.0. The lowest BCUT2D eigenvalue weighted by Crippen LogP contribution is -2.12. The predicted octanol–water partition coefficient (Wildman–Crippen LogP) is 3.19. The largest absolute Gasteiger partial charge is 0.326 e. The summed E-state index contributed by atoms with van der Waals surface area (Å²) in [5, 5.41) is 2.61. The number of carbonyl (C=O) groups excluding carboxylic acids is 1. The molecule has 0 bridgehead atoms. The molecule has 0 radical (unpaired) electrons. The molecule has 0 unspecified atom stereocenters. The Kier molecular flexibility index (Phi) is 4.14. The van der Waals surface area contributed by atoms with E-state index in [0.717, 1.165) is 5.56 Å². The van der Waals surface area contributed by atoms with Crippen LogP contribution in [0.5, 0.6) is 0 Å². The zero-order valence-electron chi connectivity index (χ0n) is 9.99. The molecule has 0 atom stereocenters. The van der Waals surface area contributed by atoms with Crippen molar-refractivity contribution in [1.29, 1.82) is 0 Å². The monoisotopic (exact) mass is 278 g/mol. The Morgan fingerprint density at radius 1 is 1.26 bits per heavy atom. The number of halogens is 2. The van der Waals surface area contributed by atoms with E-state index in [9.17, 15) is 9.18 Å². The summed E-state index contributed by atoms with van der Waals surface area (Å²) in [6.07, 6.45) is 0. The maximum Gasteiger partial charge on any atom is 0.255 e. The van der Waals surface area contributed by atoms with Crippen LogP contribution in [0.25, 0.3) is 0 Å². The molecule has 0 saturated carbocycles. The lowest BCUT2D eigenvalue weighted by atomic mass is 10.1. The molecule has 0 fully saturated rings. The average molecular weight is 279 g/mol. The fourth-order valence-electron chi connectivity index (χ4n) is 1.62. The number of nitrogens with two attached hydrogens (primary N) is 1. The second-order valence-corrected chi connectivity index (χ2v) is 4.39. The van der Waals surface area contributed by atoms with Crippen LogP contribution in [-0.4, -0.2) is 5.91 Å². The van der Waals surface area contributed by atoms with Crippen molar-refractivity contribution >= 4 is 23.2 Å². The Morgan fingerprint density at radius 2 is 2.05 bits per heavy atom. The molecular weight excluding hydrogens is 267 g/mol. The summed E-state index contributed by atoms with van der Waals surface area (Å²) in [5.41, 5.74) is 7.31. The first-order valence-electron chi connectivity index (χ1n) is 5.65. The third-order valence-corrected chi connectivity index (χ3v) is 2.89. The number of carbonyl (C=O) groups is 1. The molecule has 2 aromatic rings. The summed E-state index contributed by atoms with van der Waals surface area (Å²) < 4.78 is 13.0. The van der Waals surface area contributed by atoms with Gasteiger partial charge >= 0.3 is 0 Å². The first kappa shape index (κ1) is 13.5. The zero-order chi connectivity index (χ0) is 13.8. The highest BCUT2D eigenvalue weighted by molar-refractivity contribution is 6.31. The van der Waals surface area contributed by atoms with Crippen molar-refractivity contribution in [2.24, 2.45) is 5.73 Å². The highest BCUT2D eigenvalue weighted by Crippen LogP contribution is 2.20. The van der Waals surface area contributed by atoms with Gasteiger partial charge in [0.2, 0.25) is 0 Å². The minimum Gasteiger partial charge on any atom is -0.326 e. The van der Waals surface area contributed by atoms with Gasteiger partial charge in [-0.1, -0.05) is 23.7 Å². The normalized spacial score (nSPS) is 10.3. The summed E-state index contributed by atoms with van der Waals surface area (Å²) in [7, 11) is 0. The van der Waals surface area contributed by atoms with E-state index < -0.39 is 5.82 Å². The molecule has 0 aliphatic heterocycles. The van der Waals surface area contributed by atoms with Crippen molar-refractivity contribution in [1.82, 2.24) is 0 Å². The van der Waals surface area contributed by atoms with Crippen LogP contribution in [0.3, 0.4) is 0 Å². The number of hydrogen-bond donors (Lipinski definition) is 2. The van der Waals surface area contributed by atoms with E-state index in [0.29, 0.717) is 17.8 Å². The van der Waals surface area contributed by atoms with Gasteiger partial charge in [0.25, 0.3) is 5.91 Å². The number of anilines is 1. The highest BCUT2D eigenvalue weighted by atomic mass is 35.5. The molecule has 0 saturated heterocycles. The van der Waals surface area contributed by atoms with E-state index >= 15 is 0 Å². The Hall–Kier alpha value is -1.91. The van der Waals surface area contributed by atoms with Gasteiger partial charge in [-0.15, -0.1) is 0 Å². The second kappa shape index (κ2) is 5.82. The standard InChI is InChI=1S/C14H12ClFN2O/c15-12-7-11(4-5-13(12)16)18-14(19)10-3-1-2-9(6-10)8-17/h1-7H,8,17H2,(H,18,19). The minimum atomic E-state index is -0.523. The summed E-state index contributed by atoms with van der Waals surface area (Å²) in [5.74, 6) is -0.817. The van der Waals surface area contributed by atoms with Crippen molar-refractivity contribution < 1.29 is 9.18 Å². The van der Waals surface area contributed by atoms with Crippen LogP contribution in [0, 0.1) is 5.82 Å². The summed E-state index contributed by atoms with van der Waals surface area (Å²) in [6, 6.07) is 11.0. The number of nitrogens with one attached hydrogen (secondary N) is 1. The number of rotatable bonds is 3. The van der Waals surface area contributed by atoms with Crippen molar-refractivity contribution in [3.63, 3.8) is 0 Å². The number of benzene rings is 2. The van der Waals surface area contributed by atoms with Gasteiger partial charge in [0, 0.05) is 17.8 Å². The van der Waals surface area contributed by atoms with Crippen LogP contribution in [0.2, 0.25) is 5.02 Å². The fraction of sp³-hybridized carbons (Fsp3) is 0.0714. The molecule has 3 N–H and O–H groups in total. The zero-order valence-corrected chi connectivity index (χ0v) is 10.7. The number of hydrogen-bond acceptors (Lipinski definition) is 2. The summed E-state index contributed by atoms with van der Waals surface area (Å²) in [6.45, 7) is 0.365. The lowest BCUT2D eigenvalue weighted by molar-refractivity contribution is 0.102. The molecule has 19 heavy (non-hydrogen) atoms. The molecule has 0 aliphatic rings. The van der Waals surface area contributed by atoms with Gasteiger partial charge in [0.15, 0.2) is 0 Å². The lowest BCUT2D eigenvalue weighted by Gasteiger charge is -2.07. The van der Waals surface area contributed by atoms with Crippen molar-refractivity contribution in [2.45, 2.75) is 6.54 Å². The third-order valence-electron chi connectivity index (χ3n) is 2.60. The topological polar surface area (TPSA) is 55.1 Å². The van der Waals surface area contributed by atoms with Crippen LogP contribution < -0.4 is 11.1 Å². The molecule has 5 heteroatoms. The average Bonchev–Trinajstić information content (AvgIpc) is 2.43. The number of amides is 1. The van der Waals surface area contributed by atoms with Crippen LogP contribution in [0.15, 0.2) is 42.5 Å². The van der Waals surface area contributed by atoms with E-state index in [1.165, 1.54) is 18.2 Å². The van der Waals surface area contributed by atoms with Gasteiger partial charge in [0.05, 0.1) is 5.02 Å². The smallest absolute Gasteiger partial charge is 0.255 e. The fourth-order valence-corrected chi connectivity index (χ4v) is 1.80. The van der Waals surface area contributed by atoms with Crippen LogP contribution >= 0.6 is 11.6 Å². The second-order valence-electron chi connectivity index (χ2n) is 3.99. The first-order valence-corrected chi connectivity index (χ1v) is 6.03. The van der Waals surface area contributed by atoms with Gasteiger partial charge in [-0.2, -0.15) is 0 Å². The molecule has 0 aliphatic carbocycles. The molecule has 98 valence electrons. The predicted molar refractivity (Wildman–Crippen MR) is 73.7 cm³/mol. The molecular formula is C14H12ClFN2O. The van der Waals surface area contributed by atoms with E-state index in [-0.39, 0.29) is 10.9 Å². The van der Waals surface area contributed by atoms with Crippen molar-refractivity contribution in [2.75, 3.05) is 5.32 Å². The van der Waals surface area contributed by atoms with E-state index in [2.05, 4.69) is 5.32 Å². The minimum absolute atomic E-state index is 0.0338. The van der Waals surface area contributed by atoms with Crippen LogP contribution in [-0.2, 0) is 6.54 Å². The first-order chi connectivity index (χ1) is 9.10. The van der Waals surface area contributed by atoms with Gasteiger partial charge in [-0.3, -0.25) is 4.79 Å². The van der Waals surface area contributed by atoms with Gasteiger partial charge < -0.3 is 11.1 Å². The maximum atomic E-state index is 13.0. The van der Waals surface area contributed by atoms with E-state index in [4.69, 9.17) is 17.3 Å². The Bertz CT molecular complexity index is 616. The van der Waals surface area contributed by atoms with Crippen LogP contribution in [0.4, 0.5) is 10.1 Å². The Labute approximate surface area is 115 Å². The Morgan fingerprint density at radius 3 is 2.74 bits per heavy atom. The summed E-state index contributed by atoms with van der Waals surface area (Å²) >= 11 is 5.65. The van der Waals surface area contributed by atoms with Gasteiger partial charge in [-0.05, 0) is 35.9 Å². The van der Waals surface area contributed by atoms with E-state index in [1.54, 1.807) is 18.2 Å². The van der Waals surface area contributed by atoms with Gasteiger partial charge in [0.1, 0.15) is 5.82 Å². The highest BCUT2D eigenvalue weighted by Gasteiger charge is 2.08. The molecule has 2 rings (SSSR count). The molecule has 0 heterocycles.